The lowest BCUT2D eigenvalue weighted by Crippen LogP contribution is -2.17. The number of amides is 1. The summed E-state index contributed by atoms with van der Waals surface area (Å²) in [5, 5.41) is 2.80. The van der Waals surface area contributed by atoms with Gasteiger partial charge in [-0.1, -0.05) is 0 Å². The Morgan fingerprint density at radius 1 is 1.44 bits per heavy atom. The molecule has 5 heteroatoms. The van der Waals surface area contributed by atoms with Gasteiger partial charge in [-0.3, -0.25) is 4.79 Å². The maximum Gasteiger partial charge on any atom is 0.273 e. The molecule has 4 nitrogen and oxygen atoms in total. The Morgan fingerprint density at radius 2 is 2.22 bits per heavy atom. The zero-order chi connectivity index (χ0) is 13.1. The summed E-state index contributed by atoms with van der Waals surface area (Å²) >= 11 is 3.38. The number of carbonyl (C=O) groups excluding carboxylic acids is 1. The Labute approximate surface area is 114 Å². The van der Waals surface area contributed by atoms with E-state index in [0.717, 1.165) is 16.7 Å². The van der Waals surface area contributed by atoms with Crippen LogP contribution < -0.4 is 5.32 Å². The molecule has 2 aromatic rings. The summed E-state index contributed by atoms with van der Waals surface area (Å²) in [6.07, 6.45) is 1.88. The molecule has 0 aliphatic carbocycles. The normalized spacial score (nSPS) is 10.4. The molecule has 0 aromatic carbocycles. The molecule has 0 saturated carbocycles. The highest BCUT2D eigenvalue weighted by Gasteiger charge is 2.11. The second-order valence-electron chi connectivity index (χ2n) is 3.90. The first-order chi connectivity index (χ1) is 8.61. The Bertz CT molecular complexity index is 577. The number of nitrogens with zero attached hydrogens (tertiary/aromatic N) is 2. The molecule has 0 radical (unpaired) electrons. The van der Waals surface area contributed by atoms with E-state index in [-0.39, 0.29) is 5.91 Å². The van der Waals surface area contributed by atoms with Gasteiger partial charge in [0.05, 0.1) is 5.69 Å². The number of halogens is 1. The molecule has 0 unspecified atom stereocenters. The minimum Gasteiger partial charge on any atom is -0.344 e. The molecule has 1 amide bonds. The summed E-state index contributed by atoms with van der Waals surface area (Å²) in [6.45, 7) is 4.65. The molecule has 0 bridgehead atoms. The molecular formula is C13H14BrN3O. The third kappa shape index (κ3) is 2.61. The summed E-state index contributed by atoms with van der Waals surface area (Å²) in [4.78, 5) is 16.4. The van der Waals surface area contributed by atoms with Crippen molar-refractivity contribution in [3.8, 4) is 0 Å². The van der Waals surface area contributed by atoms with E-state index < -0.39 is 0 Å². The van der Waals surface area contributed by atoms with E-state index >= 15 is 0 Å². The standard InChI is InChI=1S/C13H14BrN3O/c1-3-17-8-4-5-11(17)13(18)16-12-7-6-10(14)9(2)15-12/h4-8H,3H2,1-2H3,(H,15,16,18). The highest BCUT2D eigenvalue weighted by molar-refractivity contribution is 9.10. The second-order valence-corrected chi connectivity index (χ2v) is 4.75. The van der Waals surface area contributed by atoms with Gasteiger partial charge in [0.15, 0.2) is 0 Å². The maximum absolute atomic E-state index is 12.1. The van der Waals surface area contributed by atoms with Crippen LogP contribution in [0.5, 0.6) is 0 Å². The van der Waals surface area contributed by atoms with E-state index in [4.69, 9.17) is 0 Å². The second kappa shape index (κ2) is 5.35. The van der Waals surface area contributed by atoms with Gasteiger partial charge in [-0.25, -0.2) is 4.98 Å². The molecule has 2 heterocycles. The molecule has 0 aliphatic heterocycles. The predicted molar refractivity (Wildman–Crippen MR) is 74.7 cm³/mol. The number of rotatable bonds is 3. The molecule has 1 N–H and O–H groups in total. The summed E-state index contributed by atoms with van der Waals surface area (Å²) in [7, 11) is 0. The number of anilines is 1. The fourth-order valence-corrected chi connectivity index (χ4v) is 1.91. The number of aryl methyl sites for hydroxylation is 2. The van der Waals surface area contributed by atoms with E-state index in [1.54, 1.807) is 12.1 Å². The molecule has 0 spiro atoms. The molecule has 2 rings (SSSR count). The smallest absolute Gasteiger partial charge is 0.273 e. The first kappa shape index (κ1) is 12.8. The lowest BCUT2D eigenvalue weighted by atomic mass is 10.3. The minimum absolute atomic E-state index is 0.143. The van der Waals surface area contributed by atoms with Gasteiger partial charge in [-0.2, -0.15) is 0 Å². The van der Waals surface area contributed by atoms with Crippen molar-refractivity contribution in [3.05, 3.63) is 46.3 Å². The quantitative estimate of drug-likeness (QED) is 0.946. The van der Waals surface area contributed by atoms with Crippen LogP contribution in [0.25, 0.3) is 0 Å². The van der Waals surface area contributed by atoms with Crippen LogP contribution >= 0.6 is 15.9 Å². The van der Waals surface area contributed by atoms with Gasteiger partial charge in [-0.15, -0.1) is 0 Å². The van der Waals surface area contributed by atoms with Gasteiger partial charge in [0.25, 0.3) is 5.91 Å². The van der Waals surface area contributed by atoms with Crippen molar-refractivity contribution in [2.45, 2.75) is 20.4 Å². The van der Waals surface area contributed by atoms with Crippen LogP contribution in [0.15, 0.2) is 34.9 Å². The van der Waals surface area contributed by atoms with Crippen LogP contribution in [0.4, 0.5) is 5.82 Å². The Hall–Kier alpha value is -1.62. The van der Waals surface area contributed by atoms with Crippen LogP contribution in [0.1, 0.15) is 23.1 Å². The van der Waals surface area contributed by atoms with Crippen molar-refractivity contribution < 1.29 is 4.79 Å². The fourth-order valence-electron chi connectivity index (χ4n) is 1.69. The SMILES string of the molecule is CCn1cccc1C(=O)Nc1ccc(Br)c(C)n1. The third-order valence-electron chi connectivity index (χ3n) is 2.67. The first-order valence-corrected chi connectivity index (χ1v) is 6.50. The zero-order valence-electron chi connectivity index (χ0n) is 10.3. The molecule has 0 fully saturated rings. The number of hydrogen-bond acceptors (Lipinski definition) is 2. The average Bonchev–Trinajstić information content (AvgIpc) is 2.82. The minimum atomic E-state index is -0.143. The fraction of sp³-hybridized carbons (Fsp3) is 0.231. The molecule has 0 saturated heterocycles. The number of pyridine rings is 1. The van der Waals surface area contributed by atoms with Crippen LogP contribution in [-0.4, -0.2) is 15.5 Å². The first-order valence-electron chi connectivity index (χ1n) is 5.71. The maximum atomic E-state index is 12.1. The van der Waals surface area contributed by atoms with Gasteiger partial charge >= 0.3 is 0 Å². The topological polar surface area (TPSA) is 46.9 Å². The largest absolute Gasteiger partial charge is 0.344 e. The summed E-state index contributed by atoms with van der Waals surface area (Å²) in [6, 6.07) is 7.30. The summed E-state index contributed by atoms with van der Waals surface area (Å²) in [5.41, 5.74) is 1.48. The molecule has 0 aliphatic rings. The third-order valence-corrected chi connectivity index (χ3v) is 3.50. The van der Waals surface area contributed by atoms with E-state index in [1.807, 2.05) is 36.7 Å². The Balaban J connectivity index is 2.19. The van der Waals surface area contributed by atoms with Crippen molar-refractivity contribution in [2.75, 3.05) is 5.32 Å². The lowest BCUT2D eigenvalue weighted by Gasteiger charge is -2.08. The summed E-state index contributed by atoms with van der Waals surface area (Å²) in [5.74, 6) is 0.417. The van der Waals surface area contributed by atoms with Gasteiger partial charge < -0.3 is 9.88 Å². The highest BCUT2D eigenvalue weighted by atomic mass is 79.9. The van der Waals surface area contributed by atoms with E-state index in [0.29, 0.717) is 11.5 Å². The van der Waals surface area contributed by atoms with Crippen LogP contribution in [0.3, 0.4) is 0 Å². The molecule has 2 aromatic heterocycles. The van der Waals surface area contributed by atoms with Gasteiger partial charge in [0.2, 0.25) is 0 Å². The average molecular weight is 308 g/mol. The zero-order valence-corrected chi connectivity index (χ0v) is 11.9. The highest BCUT2D eigenvalue weighted by Crippen LogP contribution is 2.16. The number of nitrogens with one attached hydrogen (secondary N) is 1. The van der Waals surface area contributed by atoms with Crippen LogP contribution in [0, 0.1) is 6.92 Å². The van der Waals surface area contributed by atoms with Crippen molar-refractivity contribution in [1.29, 1.82) is 0 Å². The van der Waals surface area contributed by atoms with Crippen molar-refractivity contribution >= 4 is 27.7 Å². The van der Waals surface area contributed by atoms with Crippen molar-refractivity contribution in [1.82, 2.24) is 9.55 Å². The summed E-state index contributed by atoms with van der Waals surface area (Å²) < 4.78 is 2.82. The monoisotopic (exact) mass is 307 g/mol. The van der Waals surface area contributed by atoms with E-state index in [9.17, 15) is 4.79 Å². The molecule has 18 heavy (non-hydrogen) atoms. The Morgan fingerprint density at radius 3 is 2.89 bits per heavy atom. The van der Waals surface area contributed by atoms with Crippen molar-refractivity contribution in [3.63, 3.8) is 0 Å². The van der Waals surface area contributed by atoms with Gasteiger partial charge in [0, 0.05) is 17.2 Å². The molecular weight excluding hydrogens is 294 g/mol. The number of hydrogen-bond donors (Lipinski definition) is 1. The lowest BCUT2D eigenvalue weighted by molar-refractivity contribution is 0.101. The molecule has 94 valence electrons. The van der Waals surface area contributed by atoms with Gasteiger partial charge in [0.1, 0.15) is 11.5 Å². The predicted octanol–water partition coefficient (Wildman–Crippen LogP) is 3.23. The van der Waals surface area contributed by atoms with Crippen molar-refractivity contribution in [2.24, 2.45) is 0 Å². The van der Waals surface area contributed by atoms with Crippen LogP contribution in [0.2, 0.25) is 0 Å². The van der Waals surface area contributed by atoms with E-state index in [2.05, 4.69) is 26.2 Å². The number of aromatic nitrogens is 2. The van der Waals surface area contributed by atoms with Crippen LogP contribution in [-0.2, 0) is 6.54 Å². The Kier molecular flexibility index (Phi) is 3.81. The number of carbonyl (C=O) groups is 1. The van der Waals surface area contributed by atoms with E-state index in [1.165, 1.54) is 0 Å². The molecule has 0 atom stereocenters. The van der Waals surface area contributed by atoms with Gasteiger partial charge in [-0.05, 0) is 54.0 Å².